The van der Waals surface area contributed by atoms with Crippen molar-refractivity contribution < 1.29 is 17.8 Å². The normalized spacial score (nSPS) is 18.2. The molecule has 3 nitrogen and oxygen atoms in total. The number of Topliss-reactive ketones (excluding diaryl/α,β-unsaturated/α-hetero) is 1. The van der Waals surface area contributed by atoms with Crippen molar-refractivity contribution in [3.63, 3.8) is 0 Å². The largest absolute Gasteiger partial charge is 0.326 e. The zero-order chi connectivity index (χ0) is 14.8. The molecule has 0 aliphatic rings. The molecule has 0 atom stereocenters. The monoisotopic (exact) mass is 183 g/mol. The van der Waals surface area contributed by atoms with E-state index in [4.69, 9.17) is 8.22 Å². The molecule has 0 unspecified atom stereocenters. The lowest BCUT2D eigenvalue weighted by Gasteiger charge is -2.02. The van der Waals surface area contributed by atoms with Crippen molar-refractivity contribution in [3.05, 3.63) is 29.8 Å². The van der Waals surface area contributed by atoms with Gasteiger partial charge in [0, 0.05) is 26.3 Å². The van der Waals surface area contributed by atoms with Crippen molar-refractivity contribution in [2.45, 2.75) is 13.7 Å². The molecule has 1 N–H and O–H groups in total. The number of ketones is 1. The van der Waals surface area contributed by atoms with Gasteiger partial charge in [-0.25, -0.2) is 0 Å². The van der Waals surface area contributed by atoms with Crippen molar-refractivity contribution in [2.24, 2.45) is 0 Å². The van der Waals surface area contributed by atoms with Crippen molar-refractivity contribution in [3.8, 4) is 0 Å². The van der Waals surface area contributed by atoms with Gasteiger partial charge in [0.2, 0.25) is 5.91 Å². The first-order chi connectivity index (χ1) is 8.51. The van der Waals surface area contributed by atoms with E-state index < -0.39 is 25.4 Å². The van der Waals surface area contributed by atoms with Gasteiger partial charge < -0.3 is 5.32 Å². The van der Waals surface area contributed by atoms with Crippen LogP contribution in [0, 0.1) is 0 Å². The number of carbonyl (C=O) groups excluding carboxylic acids is 2. The van der Waals surface area contributed by atoms with Crippen LogP contribution < -0.4 is 5.32 Å². The highest BCUT2D eigenvalue weighted by atomic mass is 16.1. The summed E-state index contributed by atoms with van der Waals surface area (Å²) in [5, 5.41) is 2.09. The molecule has 0 aliphatic carbocycles. The van der Waals surface area contributed by atoms with Crippen LogP contribution in [0.1, 0.15) is 32.3 Å². The molecule has 0 radical (unpaired) electrons. The van der Waals surface area contributed by atoms with Crippen LogP contribution in [-0.4, -0.2) is 11.7 Å². The zero-order valence-electron chi connectivity index (χ0n) is 12.6. The van der Waals surface area contributed by atoms with E-state index >= 15 is 0 Å². The minimum Gasteiger partial charge on any atom is -0.326 e. The Hall–Kier alpha value is -1.64. The molecule has 3 heteroatoms. The number of rotatable bonds is 2. The van der Waals surface area contributed by atoms with E-state index in [-0.39, 0.29) is 11.3 Å². The van der Waals surface area contributed by atoms with Crippen molar-refractivity contribution in [1.29, 1.82) is 0 Å². The molecule has 0 saturated carbocycles. The summed E-state index contributed by atoms with van der Waals surface area (Å²) in [7, 11) is 0. The van der Waals surface area contributed by atoms with Gasteiger partial charge in [0.25, 0.3) is 0 Å². The van der Waals surface area contributed by atoms with Crippen molar-refractivity contribution in [2.75, 3.05) is 5.32 Å². The summed E-state index contributed by atoms with van der Waals surface area (Å²) in [4.78, 5) is 22.8. The molecule has 1 aromatic carbocycles. The van der Waals surface area contributed by atoms with Crippen LogP contribution in [0.25, 0.3) is 0 Å². The summed E-state index contributed by atoms with van der Waals surface area (Å²) in [6.45, 7) is -5.60. The SMILES string of the molecule is [2H]C([2H])([2H])C(=O)Nc1cccc(C(=O)C([2H])([2H])[2H])c1. The molecule has 0 saturated heterocycles. The Morgan fingerprint density at radius 2 is 2.23 bits per heavy atom. The average molecular weight is 183 g/mol. The van der Waals surface area contributed by atoms with E-state index in [0.717, 1.165) is 6.07 Å². The Bertz CT molecular complexity index is 505. The zero-order valence-corrected chi connectivity index (χ0v) is 6.63. The quantitative estimate of drug-likeness (QED) is 0.711. The smallest absolute Gasteiger partial charge is 0.221 e. The Labute approximate surface area is 85.2 Å². The topological polar surface area (TPSA) is 46.2 Å². The minimum absolute atomic E-state index is 0.0521. The second kappa shape index (κ2) is 3.85. The van der Waals surface area contributed by atoms with E-state index in [9.17, 15) is 9.59 Å². The molecular weight excluding hydrogens is 166 g/mol. The summed E-state index contributed by atoms with van der Waals surface area (Å²) in [5.41, 5.74) is -0.0698. The predicted octanol–water partition coefficient (Wildman–Crippen LogP) is 1.85. The van der Waals surface area contributed by atoms with Crippen LogP contribution in [0.3, 0.4) is 0 Å². The number of hydrogen-bond donors (Lipinski definition) is 1. The third kappa shape index (κ3) is 2.71. The molecule has 0 spiro atoms. The maximum Gasteiger partial charge on any atom is 0.221 e. The molecule has 0 bridgehead atoms. The lowest BCUT2D eigenvalue weighted by molar-refractivity contribution is -0.114. The molecule has 1 aromatic rings. The lowest BCUT2D eigenvalue weighted by Crippen LogP contribution is -2.06. The van der Waals surface area contributed by atoms with Crippen LogP contribution in [0.15, 0.2) is 24.3 Å². The predicted molar refractivity (Wildman–Crippen MR) is 50.8 cm³/mol. The summed E-state index contributed by atoms with van der Waals surface area (Å²) >= 11 is 0. The van der Waals surface area contributed by atoms with E-state index in [2.05, 4.69) is 5.32 Å². The minimum atomic E-state index is -2.82. The fourth-order valence-electron chi connectivity index (χ4n) is 0.869. The second-order valence-electron chi connectivity index (χ2n) is 2.36. The summed E-state index contributed by atoms with van der Waals surface area (Å²) in [5.74, 6) is -2.27. The molecule has 1 rings (SSSR count). The molecule has 68 valence electrons. The molecule has 13 heavy (non-hydrogen) atoms. The van der Waals surface area contributed by atoms with Gasteiger partial charge in [0.15, 0.2) is 5.78 Å². The van der Waals surface area contributed by atoms with E-state index in [0.29, 0.717) is 0 Å². The first-order valence-electron chi connectivity index (χ1n) is 6.48. The second-order valence-corrected chi connectivity index (χ2v) is 2.36. The average Bonchev–Trinajstić information content (AvgIpc) is 2.26. The molecule has 0 aromatic heterocycles. The van der Waals surface area contributed by atoms with Gasteiger partial charge in [-0.3, -0.25) is 9.59 Å². The van der Waals surface area contributed by atoms with Crippen LogP contribution in [0.4, 0.5) is 5.69 Å². The van der Waals surface area contributed by atoms with E-state index in [1.807, 2.05) is 0 Å². The summed E-state index contributed by atoms with van der Waals surface area (Å²) in [6.07, 6.45) is 0. The first-order valence-corrected chi connectivity index (χ1v) is 3.48. The van der Waals surface area contributed by atoms with E-state index in [1.54, 1.807) is 0 Å². The fraction of sp³-hybridized carbons (Fsp3) is 0.200. The number of anilines is 1. The number of amides is 1. The Balaban J connectivity index is 2.96. The van der Waals surface area contributed by atoms with E-state index in [1.165, 1.54) is 18.2 Å². The number of nitrogens with one attached hydrogen (secondary N) is 1. The third-order valence-corrected chi connectivity index (χ3v) is 1.38. The molecule has 0 heterocycles. The fourth-order valence-corrected chi connectivity index (χ4v) is 0.869. The van der Waals surface area contributed by atoms with Crippen LogP contribution >= 0.6 is 0 Å². The molecule has 0 aliphatic heterocycles. The van der Waals surface area contributed by atoms with Crippen LogP contribution in [0.2, 0.25) is 0 Å². The molecular formula is C10H11NO2. The number of benzene rings is 1. The number of hydrogen-bond acceptors (Lipinski definition) is 2. The standard InChI is InChI=1S/C10H11NO2/c1-7(12)9-4-3-5-10(6-9)11-8(2)13/h3-6H,1-2H3,(H,11,13)/i1D3,2D3. The first kappa shape index (κ1) is 4.05. The summed E-state index contributed by atoms with van der Waals surface area (Å²) < 4.78 is 41.6. The lowest BCUT2D eigenvalue weighted by atomic mass is 10.1. The molecule has 0 fully saturated rings. The maximum absolute atomic E-state index is 11.5. The highest BCUT2D eigenvalue weighted by Gasteiger charge is 2.00. The Kier molecular flexibility index (Phi) is 1.20. The van der Waals surface area contributed by atoms with Gasteiger partial charge >= 0.3 is 0 Å². The third-order valence-electron chi connectivity index (χ3n) is 1.38. The Morgan fingerprint density at radius 3 is 2.92 bits per heavy atom. The maximum atomic E-state index is 11.5. The Morgan fingerprint density at radius 1 is 1.38 bits per heavy atom. The summed E-state index contributed by atoms with van der Waals surface area (Å²) in [6, 6.07) is 5.12. The highest BCUT2D eigenvalue weighted by molar-refractivity contribution is 5.96. The number of carbonyl (C=O) groups is 2. The van der Waals surface area contributed by atoms with Gasteiger partial charge in [0.1, 0.15) is 0 Å². The van der Waals surface area contributed by atoms with Crippen LogP contribution in [-0.2, 0) is 4.79 Å². The van der Waals surface area contributed by atoms with Gasteiger partial charge in [-0.15, -0.1) is 0 Å². The van der Waals surface area contributed by atoms with Gasteiger partial charge in [0.05, 0.1) is 0 Å². The van der Waals surface area contributed by atoms with Crippen molar-refractivity contribution >= 4 is 17.4 Å². The van der Waals surface area contributed by atoms with Gasteiger partial charge in [-0.1, -0.05) is 12.1 Å². The molecule has 1 amide bonds. The van der Waals surface area contributed by atoms with Crippen molar-refractivity contribution in [1.82, 2.24) is 0 Å². The van der Waals surface area contributed by atoms with Gasteiger partial charge in [-0.2, -0.15) is 0 Å². The van der Waals surface area contributed by atoms with Gasteiger partial charge in [-0.05, 0) is 19.0 Å². The van der Waals surface area contributed by atoms with Crippen LogP contribution in [0.5, 0.6) is 0 Å². The highest BCUT2D eigenvalue weighted by Crippen LogP contribution is 2.10.